The Bertz CT molecular complexity index is 588. The summed E-state index contributed by atoms with van der Waals surface area (Å²) in [5.74, 6) is 0. The third-order valence-corrected chi connectivity index (χ3v) is 3.74. The van der Waals surface area contributed by atoms with Crippen molar-refractivity contribution in [1.82, 2.24) is 0 Å². The third-order valence-electron chi connectivity index (χ3n) is 3.74. The molecule has 2 aromatic carbocycles. The summed E-state index contributed by atoms with van der Waals surface area (Å²) in [6.45, 7) is 10.4. The Balaban J connectivity index is 1.86. The highest BCUT2D eigenvalue weighted by molar-refractivity contribution is 5.54. The number of nitrogens with one attached hydrogen (secondary N) is 2. The molecule has 2 nitrogen and oxygen atoms in total. The molecule has 0 aliphatic carbocycles. The van der Waals surface area contributed by atoms with Crippen LogP contribution in [0.5, 0.6) is 0 Å². The van der Waals surface area contributed by atoms with Crippen LogP contribution in [-0.4, -0.2) is 13.1 Å². The average Bonchev–Trinajstić information content (AvgIpc) is 2.41. The second-order valence-corrected chi connectivity index (χ2v) is 5.42. The van der Waals surface area contributed by atoms with Crippen molar-refractivity contribution in [3.8, 4) is 0 Å². The number of rotatable bonds is 5. The van der Waals surface area contributed by atoms with E-state index >= 15 is 0 Å². The maximum atomic E-state index is 3.49. The monoisotopic (exact) mass is 268 g/mol. The van der Waals surface area contributed by atoms with Crippen molar-refractivity contribution < 1.29 is 0 Å². The first kappa shape index (κ1) is 14.4. The highest BCUT2D eigenvalue weighted by atomic mass is 14.9. The normalized spacial score (nSPS) is 10.4. The first-order chi connectivity index (χ1) is 9.58. The summed E-state index contributed by atoms with van der Waals surface area (Å²) < 4.78 is 0. The molecule has 0 aromatic heterocycles. The van der Waals surface area contributed by atoms with Gasteiger partial charge in [-0.2, -0.15) is 0 Å². The third kappa shape index (κ3) is 3.53. The first-order valence-electron chi connectivity index (χ1n) is 7.19. The summed E-state index contributed by atoms with van der Waals surface area (Å²) in [6, 6.07) is 12.9. The van der Waals surface area contributed by atoms with Crippen molar-refractivity contribution >= 4 is 11.4 Å². The zero-order chi connectivity index (χ0) is 14.5. The van der Waals surface area contributed by atoms with Gasteiger partial charge in [-0.1, -0.05) is 29.8 Å². The molecule has 2 rings (SSSR count). The van der Waals surface area contributed by atoms with E-state index in [1.807, 2.05) is 0 Å². The van der Waals surface area contributed by atoms with Crippen molar-refractivity contribution in [2.45, 2.75) is 27.7 Å². The molecular weight excluding hydrogens is 244 g/mol. The first-order valence-corrected chi connectivity index (χ1v) is 7.19. The summed E-state index contributed by atoms with van der Waals surface area (Å²) in [7, 11) is 0. The van der Waals surface area contributed by atoms with E-state index in [1.54, 1.807) is 0 Å². The number of hydrogen-bond donors (Lipinski definition) is 2. The van der Waals surface area contributed by atoms with Crippen molar-refractivity contribution in [3.63, 3.8) is 0 Å². The van der Waals surface area contributed by atoms with Gasteiger partial charge in [0, 0.05) is 24.5 Å². The van der Waals surface area contributed by atoms with Crippen LogP contribution >= 0.6 is 0 Å². The highest BCUT2D eigenvalue weighted by Crippen LogP contribution is 2.18. The summed E-state index contributed by atoms with van der Waals surface area (Å²) in [6.07, 6.45) is 0. The Morgan fingerprint density at radius 1 is 0.750 bits per heavy atom. The predicted octanol–water partition coefficient (Wildman–Crippen LogP) is 4.44. The van der Waals surface area contributed by atoms with Gasteiger partial charge in [0.15, 0.2) is 0 Å². The van der Waals surface area contributed by atoms with E-state index in [0.717, 1.165) is 13.1 Å². The van der Waals surface area contributed by atoms with Crippen LogP contribution in [0.3, 0.4) is 0 Å². The van der Waals surface area contributed by atoms with E-state index in [0.29, 0.717) is 0 Å². The molecule has 0 amide bonds. The van der Waals surface area contributed by atoms with Crippen LogP contribution in [-0.2, 0) is 0 Å². The van der Waals surface area contributed by atoms with Gasteiger partial charge >= 0.3 is 0 Å². The van der Waals surface area contributed by atoms with Crippen LogP contribution in [0.4, 0.5) is 11.4 Å². The van der Waals surface area contributed by atoms with Crippen LogP contribution in [0.15, 0.2) is 36.4 Å². The van der Waals surface area contributed by atoms with Crippen LogP contribution in [0.1, 0.15) is 22.3 Å². The standard InChI is InChI=1S/C18H24N2/c1-13-8-9-17(15(3)12-13)19-10-11-20-18-7-5-6-14(2)16(18)4/h5-9,12,19-20H,10-11H2,1-4H3. The fraction of sp³-hybridized carbons (Fsp3) is 0.333. The van der Waals surface area contributed by atoms with Crippen LogP contribution < -0.4 is 10.6 Å². The molecule has 0 saturated carbocycles. The average molecular weight is 268 g/mol. The molecule has 0 spiro atoms. The van der Waals surface area contributed by atoms with Crippen LogP contribution in [0.2, 0.25) is 0 Å². The maximum absolute atomic E-state index is 3.49. The summed E-state index contributed by atoms with van der Waals surface area (Å²) >= 11 is 0. The topological polar surface area (TPSA) is 24.1 Å². The smallest absolute Gasteiger partial charge is 0.0373 e. The molecule has 2 heteroatoms. The van der Waals surface area contributed by atoms with Gasteiger partial charge in [-0.15, -0.1) is 0 Å². The Hall–Kier alpha value is -1.96. The number of aryl methyl sites for hydroxylation is 3. The van der Waals surface area contributed by atoms with E-state index < -0.39 is 0 Å². The molecule has 2 aromatic rings. The maximum Gasteiger partial charge on any atom is 0.0373 e. The minimum Gasteiger partial charge on any atom is -0.383 e. The zero-order valence-electron chi connectivity index (χ0n) is 12.9. The second kappa shape index (κ2) is 6.47. The van der Waals surface area contributed by atoms with E-state index in [2.05, 4.69) is 74.7 Å². The van der Waals surface area contributed by atoms with Gasteiger partial charge in [-0.25, -0.2) is 0 Å². The fourth-order valence-corrected chi connectivity index (χ4v) is 2.35. The number of anilines is 2. The predicted molar refractivity (Wildman–Crippen MR) is 88.8 cm³/mol. The lowest BCUT2D eigenvalue weighted by Gasteiger charge is -2.13. The minimum atomic E-state index is 0.914. The molecule has 0 fully saturated rings. The van der Waals surface area contributed by atoms with E-state index in [-0.39, 0.29) is 0 Å². The van der Waals surface area contributed by atoms with Gasteiger partial charge < -0.3 is 10.6 Å². The molecule has 0 saturated heterocycles. The van der Waals surface area contributed by atoms with Gasteiger partial charge in [0.1, 0.15) is 0 Å². The van der Waals surface area contributed by atoms with Crippen LogP contribution in [0, 0.1) is 27.7 Å². The molecule has 0 aliphatic heterocycles. The van der Waals surface area contributed by atoms with Crippen LogP contribution in [0.25, 0.3) is 0 Å². The lowest BCUT2D eigenvalue weighted by atomic mass is 10.1. The van der Waals surface area contributed by atoms with Gasteiger partial charge in [0.25, 0.3) is 0 Å². The molecule has 0 unspecified atom stereocenters. The molecule has 0 atom stereocenters. The van der Waals surface area contributed by atoms with Gasteiger partial charge in [0.2, 0.25) is 0 Å². The minimum absolute atomic E-state index is 0.914. The highest BCUT2D eigenvalue weighted by Gasteiger charge is 2.00. The molecule has 2 N–H and O–H groups in total. The quantitative estimate of drug-likeness (QED) is 0.783. The van der Waals surface area contributed by atoms with Gasteiger partial charge in [-0.05, 0) is 56.5 Å². The lowest BCUT2D eigenvalue weighted by Crippen LogP contribution is -2.14. The SMILES string of the molecule is Cc1ccc(NCCNc2cccc(C)c2C)c(C)c1. The Labute approximate surface area is 122 Å². The summed E-state index contributed by atoms with van der Waals surface area (Å²) in [5.41, 5.74) is 7.72. The lowest BCUT2D eigenvalue weighted by molar-refractivity contribution is 1.07. The number of benzene rings is 2. The largest absolute Gasteiger partial charge is 0.383 e. The van der Waals surface area contributed by atoms with Gasteiger partial charge in [0.05, 0.1) is 0 Å². The molecule has 0 aliphatic rings. The Morgan fingerprint density at radius 3 is 2.15 bits per heavy atom. The summed E-state index contributed by atoms with van der Waals surface area (Å²) in [5, 5.41) is 6.97. The molecule has 0 bridgehead atoms. The Kier molecular flexibility index (Phi) is 4.67. The fourth-order valence-electron chi connectivity index (χ4n) is 2.35. The van der Waals surface area contributed by atoms with Gasteiger partial charge in [-0.3, -0.25) is 0 Å². The van der Waals surface area contributed by atoms with Crippen molar-refractivity contribution in [1.29, 1.82) is 0 Å². The number of hydrogen-bond acceptors (Lipinski definition) is 2. The molecule has 106 valence electrons. The van der Waals surface area contributed by atoms with Crippen molar-refractivity contribution in [3.05, 3.63) is 58.7 Å². The van der Waals surface area contributed by atoms with Crippen molar-refractivity contribution in [2.75, 3.05) is 23.7 Å². The summed E-state index contributed by atoms with van der Waals surface area (Å²) in [4.78, 5) is 0. The van der Waals surface area contributed by atoms with E-state index in [9.17, 15) is 0 Å². The van der Waals surface area contributed by atoms with E-state index in [1.165, 1.54) is 33.6 Å². The molecule has 20 heavy (non-hydrogen) atoms. The second-order valence-electron chi connectivity index (χ2n) is 5.42. The Morgan fingerprint density at radius 2 is 1.45 bits per heavy atom. The molecular formula is C18H24N2. The van der Waals surface area contributed by atoms with Crippen molar-refractivity contribution in [2.24, 2.45) is 0 Å². The zero-order valence-corrected chi connectivity index (χ0v) is 12.9. The molecule has 0 heterocycles. The molecule has 0 radical (unpaired) electrons. The van der Waals surface area contributed by atoms with E-state index in [4.69, 9.17) is 0 Å².